The van der Waals surface area contributed by atoms with E-state index in [1.165, 1.54) is 0 Å². The lowest BCUT2D eigenvalue weighted by atomic mass is 10.2. The van der Waals surface area contributed by atoms with E-state index < -0.39 is 0 Å². The van der Waals surface area contributed by atoms with E-state index in [1.54, 1.807) is 4.90 Å². The summed E-state index contributed by atoms with van der Waals surface area (Å²) in [6.45, 7) is 6.37. The van der Waals surface area contributed by atoms with E-state index in [2.05, 4.69) is 15.5 Å². The van der Waals surface area contributed by atoms with Gasteiger partial charge in [-0.2, -0.15) is 0 Å². The third-order valence-corrected chi connectivity index (χ3v) is 4.60. The normalized spacial score (nSPS) is 18.9. The number of carbonyl (C=O) groups is 2. The van der Waals surface area contributed by atoms with Crippen molar-refractivity contribution in [2.24, 2.45) is 0 Å². The largest absolute Gasteiger partial charge is 0.325 e. The molecular weight excluding hydrogens is 363 g/mol. The maximum atomic E-state index is 12.4. The van der Waals surface area contributed by atoms with Gasteiger partial charge in [-0.15, -0.1) is 24.8 Å². The van der Waals surface area contributed by atoms with Crippen LogP contribution in [0.4, 0.5) is 11.4 Å². The van der Waals surface area contributed by atoms with Gasteiger partial charge in [-0.25, -0.2) is 0 Å². The number of anilines is 2. The summed E-state index contributed by atoms with van der Waals surface area (Å²) >= 11 is 0. The van der Waals surface area contributed by atoms with Crippen LogP contribution in [0.2, 0.25) is 0 Å². The predicted octanol–water partition coefficient (Wildman–Crippen LogP) is 1.89. The molecule has 1 aromatic carbocycles. The molecular formula is C17H26Cl2N4O2. The number of nitrogens with zero attached hydrogens (tertiary/aromatic N) is 2. The summed E-state index contributed by atoms with van der Waals surface area (Å²) in [7, 11) is 0. The molecule has 1 atom stereocenters. The number of hydrogen-bond donors (Lipinski definition) is 2. The average molecular weight is 389 g/mol. The molecule has 0 bridgehead atoms. The molecule has 1 unspecified atom stereocenters. The Morgan fingerprint density at radius 3 is 2.32 bits per heavy atom. The quantitative estimate of drug-likeness (QED) is 0.826. The molecule has 0 radical (unpaired) electrons. The summed E-state index contributed by atoms with van der Waals surface area (Å²) in [5, 5.41) is 6.25. The lowest BCUT2D eigenvalue weighted by Crippen LogP contribution is -2.51. The van der Waals surface area contributed by atoms with E-state index in [1.807, 2.05) is 31.2 Å². The van der Waals surface area contributed by atoms with E-state index >= 15 is 0 Å². The van der Waals surface area contributed by atoms with Crippen molar-refractivity contribution in [2.75, 3.05) is 42.9 Å². The summed E-state index contributed by atoms with van der Waals surface area (Å²) in [6.07, 6.45) is 1.54. The van der Waals surface area contributed by atoms with Crippen molar-refractivity contribution in [1.82, 2.24) is 10.2 Å². The van der Waals surface area contributed by atoms with Crippen LogP contribution in [0.3, 0.4) is 0 Å². The van der Waals surface area contributed by atoms with Crippen LogP contribution in [-0.4, -0.2) is 55.5 Å². The monoisotopic (exact) mass is 388 g/mol. The maximum Gasteiger partial charge on any atom is 0.241 e. The van der Waals surface area contributed by atoms with Crippen LogP contribution in [0.15, 0.2) is 24.3 Å². The first-order chi connectivity index (χ1) is 11.1. The van der Waals surface area contributed by atoms with E-state index in [0.29, 0.717) is 6.42 Å². The fraction of sp³-hybridized carbons (Fsp3) is 0.529. The highest BCUT2D eigenvalue weighted by molar-refractivity contribution is 5.97. The second-order valence-electron chi connectivity index (χ2n) is 6.15. The zero-order chi connectivity index (χ0) is 16.2. The minimum absolute atomic E-state index is 0. The second-order valence-corrected chi connectivity index (χ2v) is 6.15. The number of hydrogen-bond acceptors (Lipinski definition) is 4. The van der Waals surface area contributed by atoms with E-state index in [9.17, 15) is 9.59 Å². The zero-order valence-electron chi connectivity index (χ0n) is 14.4. The van der Waals surface area contributed by atoms with Crippen LogP contribution in [0.5, 0.6) is 0 Å². The molecule has 2 fully saturated rings. The molecule has 140 valence electrons. The standard InChI is InChI=1S/C17H24N4O2.2ClH/c1-13(20-11-8-18-9-12-20)17(23)19-14-4-6-15(7-5-14)21-10-2-3-16(21)22;;/h4-7,13,18H,2-3,8-12H2,1H3,(H,19,23);2*1H. The molecule has 0 saturated carbocycles. The first-order valence-corrected chi connectivity index (χ1v) is 8.31. The van der Waals surface area contributed by atoms with Gasteiger partial charge in [0.15, 0.2) is 0 Å². The Morgan fingerprint density at radius 1 is 1.12 bits per heavy atom. The Hall–Kier alpha value is -1.34. The van der Waals surface area contributed by atoms with Gasteiger partial charge in [0.05, 0.1) is 6.04 Å². The highest BCUT2D eigenvalue weighted by atomic mass is 35.5. The molecule has 25 heavy (non-hydrogen) atoms. The fourth-order valence-corrected chi connectivity index (χ4v) is 3.13. The Morgan fingerprint density at radius 2 is 1.76 bits per heavy atom. The van der Waals surface area contributed by atoms with Crippen molar-refractivity contribution in [3.05, 3.63) is 24.3 Å². The second kappa shape index (κ2) is 9.97. The minimum atomic E-state index is -0.142. The lowest BCUT2D eigenvalue weighted by molar-refractivity contribution is -0.121. The summed E-state index contributed by atoms with van der Waals surface area (Å²) in [4.78, 5) is 28.1. The van der Waals surface area contributed by atoms with Crippen molar-refractivity contribution in [3.63, 3.8) is 0 Å². The molecule has 8 heteroatoms. The molecule has 1 aromatic rings. The minimum Gasteiger partial charge on any atom is -0.325 e. The Labute approximate surface area is 161 Å². The Bertz CT molecular complexity index is 577. The molecule has 2 saturated heterocycles. The van der Waals surface area contributed by atoms with Crippen molar-refractivity contribution in [3.8, 4) is 0 Å². The van der Waals surface area contributed by atoms with Crippen molar-refractivity contribution >= 4 is 48.0 Å². The van der Waals surface area contributed by atoms with Crippen LogP contribution < -0.4 is 15.5 Å². The molecule has 2 N–H and O–H groups in total. The topological polar surface area (TPSA) is 64.7 Å². The molecule has 2 heterocycles. The van der Waals surface area contributed by atoms with Gasteiger partial charge in [-0.3, -0.25) is 14.5 Å². The molecule has 2 aliphatic rings. The van der Waals surface area contributed by atoms with Gasteiger partial charge in [0.1, 0.15) is 0 Å². The molecule has 3 rings (SSSR count). The number of carbonyl (C=O) groups excluding carboxylic acids is 2. The van der Waals surface area contributed by atoms with Crippen LogP contribution in [0, 0.1) is 0 Å². The number of benzene rings is 1. The van der Waals surface area contributed by atoms with Gasteiger partial charge in [-0.1, -0.05) is 0 Å². The van der Waals surface area contributed by atoms with Crippen LogP contribution in [0.1, 0.15) is 19.8 Å². The maximum absolute atomic E-state index is 12.4. The fourth-order valence-electron chi connectivity index (χ4n) is 3.13. The summed E-state index contributed by atoms with van der Waals surface area (Å²) < 4.78 is 0. The predicted molar refractivity (Wildman–Crippen MR) is 105 cm³/mol. The summed E-state index contributed by atoms with van der Waals surface area (Å²) in [5.74, 6) is 0.186. The Kier molecular flexibility index (Phi) is 8.65. The molecule has 0 aliphatic carbocycles. The van der Waals surface area contributed by atoms with Gasteiger partial charge in [0, 0.05) is 50.5 Å². The van der Waals surface area contributed by atoms with Crippen LogP contribution >= 0.6 is 24.8 Å². The van der Waals surface area contributed by atoms with E-state index in [0.717, 1.165) is 50.5 Å². The summed E-state index contributed by atoms with van der Waals surface area (Å²) in [6, 6.07) is 7.38. The van der Waals surface area contributed by atoms with Gasteiger partial charge in [-0.05, 0) is 37.6 Å². The van der Waals surface area contributed by atoms with Gasteiger partial charge in [0.25, 0.3) is 0 Å². The third kappa shape index (κ3) is 5.31. The molecule has 6 nitrogen and oxygen atoms in total. The Balaban J connectivity index is 0.00000156. The first-order valence-electron chi connectivity index (χ1n) is 8.31. The zero-order valence-corrected chi connectivity index (χ0v) is 16.0. The number of halogens is 2. The number of nitrogens with one attached hydrogen (secondary N) is 2. The lowest BCUT2D eigenvalue weighted by Gasteiger charge is -2.31. The van der Waals surface area contributed by atoms with Gasteiger partial charge >= 0.3 is 0 Å². The smallest absolute Gasteiger partial charge is 0.241 e. The van der Waals surface area contributed by atoms with Crippen molar-refractivity contribution < 1.29 is 9.59 Å². The van der Waals surface area contributed by atoms with Gasteiger partial charge < -0.3 is 15.5 Å². The van der Waals surface area contributed by atoms with Crippen molar-refractivity contribution in [2.45, 2.75) is 25.8 Å². The SMILES string of the molecule is CC(C(=O)Nc1ccc(N2CCCC2=O)cc1)N1CCNCC1.Cl.Cl. The average Bonchev–Trinajstić information content (AvgIpc) is 3.01. The molecule has 0 spiro atoms. The molecule has 2 aliphatic heterocycles. The molecule has 0 aromatic heterocycles. The van der Waals surface area contributed by atoms with Crippen LogP contribution in [0.25, 0.3) is 0 Å². The highest BCUT2D eigenvalue weighted by Crippen LogP contribution is 2.23. The van der Waals surface area contributed by atoms with Crippen molar-refractivity contribution in [1.29, 1.82) is 0 Å². The number of amides is 2. The highest BCUT2D eigenvalue weighted by Gasteiger charge is 2.23. The third-order valence-electron chi connectivity index (χ3n) is 4.60. The molecule has 2 amide bonds. The summed E-state index contributed by atoms with van der Waals surface area (Å²) in [5.41, 5.74) is 1.67. The van der Waals surface area contributed by atoms with Gasteiger partial charge in [0.2, 0.25) is 11.8 Å². The number of piperazine rings is 1. The van der Waals surface area contributed by atoms with E-state index in [4.69, 9.17) is 0 Å². The van der Waals surface area contributed by atoms with E-state index in [-0.39, 0.29) is 42.7 Å². The van der Waals surface area contributed by atoms with Crippen LogP contribution in [-0.2, 0) is 9.59 Å². The number of rotatable bonds is 4. The first kappa shape index (κ1) is 21.7.